The van der Waals surface area contributed by atoms with Gasteiger partial charge in [-0.3, -0.25) is 9.79 Å². The van der Waals surface area contributed by atoms with Crippen molar-refractivity contribution in [1.82, 2.24) is 20.5 Å². The quantitative estimate of drug-likeness (QED) is 0.543. The molecule has 1 aliphatic rings. The number of carbonyl (C=O) groups excluding carboxylic acids is 1. The van der Waals surface area contributed by atoms with Crippen molar-refractivity contribution < 1.29 is 9.53 Å². The first-order valence-corrected chi connectivity index (χ1v) is 10.5. The maximum absolute atomic E-state index is 11.6. The second-order valence-corrected chi connectivity index (χ2v) is 7.45. The van der Waals surface area contributed by atoms with E-state index in [4.69, 9.17) is 4.74 Å². The number of piperidine rings is 1. The van der Waals surface area contributed by atoms with Crippen LogP contribution >= 0.6 is 0 Å². The molecule has 30 heavy (non-hydrogen) atoms. The summed E-state index contributed by atoms with van der Waals surface area (Å²) in [7, 11) is 3.49. The molecule has 1 aliphatic heterocycles. The molecule has 0 bridgehead atoms. The lowest BCUT2D eigenvalue weighted by Crippen LogP contribution is -2.45. The van der Waals surface area contributed by atoms with E-state index in [-0.39, 0.29) is 5.91 Å². The topological polar surface area (TPSA) is 78.9 Å². The number of hydrogen-bond acceptors (Lipinski definition) is 4. The van der Waals surface area contributed by atoms with Gasteiger partial charge in [-0.1, -0.05) is 36.4 Å². The Balaban J connectivity index is 1.52. The summed E-state index contributed by atoms with van der Waals surface area (Å²) >= 11 is 0. The van der Waals surface area contributed by atoms with Gasteiger partial charge in [0, 0.05) is 51.9 Å². The highest BCUT2D eigenvalue weighted by Crippen LogP contribution is 2.21. The molecular weight excluding hydrogens is 378 g/mol. The summed E-state index contributed by atoms with van der Waals surface area (Å²) in [6.45, 7) is 2.86. The van der Waals surface area contributed by atoms with E-state index in [1.54, 1.807) is 20.3 Å². The number of carbonyl (C=O) groups is 1. The number of pyridine rings is 1. The highest BCUT2D eigenvalue weighted by Gasteiger charge is 2.23. The summed E-state index contributed by atoms with van der Waals surface area (Å²) in [5.74, 6) is 2.06. The van der Waals surface area contributed by atoms with Crippen LogP contribution in [0.25, 0.3) is 0 Å². The summed E-state index contributed by atoms with van der Waals surface area (Å²) < 4.78 is 5.95. The van der Waals surface area contributed by atoms with E-state index < -0.39 is 0 Å². The zero-order valence-corrected chi connectivity index (χ0v) is 17.8. The van der Waals surface area contributed by atoms with Gasteiger partial charge in [-0.25, -0.2) is 4.98 Å². The Morgan fingerprint density at radius 3 is 2.67 bits per heavy atom. The van der Waals surface area contributed by atoms with E-state index in [0.29, 0.717) is 31.4 Å². The molecule has 7 heteroatoms. The Hall–Kier alpha value is -3.09. The summed E-state index contributed by atoms with van der Waals surface area (Å²) in [5, 5.41) is 6.15. The number of amides is 1. The smallest absolute Gasteiger partial charge is 0.220 e. The number of aromatic nitrogens is 1. The number of likely N-dealkylation sites (tertiary alicyclic amines) is 1. The van der Waals surface area contributed by atoms with Crippen molar-refractivity contribution in [3.63, 3.8) is 0 Å². The number of aliphatic imine (C=N–C) groups is 1. The molecule has 1 aromatic heterocycles. The first-order valence-electron chi connectivity index (χ1n) is 10.5. The Labute approximate surface area is 178 Å². The minimum Gasteiger partial charge on any atom is -0.473 e. The molecule has 1 saturated heterocycles. The predicted molar refractivity (Wildman–Crippen MR) is 118 cm³/mol. The van der Waals surface area contributed by atoms with Gasteiger partial charge in [0.2, 0.25) is 11.8 Å². The molecule has 2 N–H and O–H groups in total. The lowest BCUT2D eigenvalue weighted by Gasteiger charge is -2.34. The second-order valence-electron chi connectivity index (χ2n) is 7.45. The van der Waals surface area contributed by atoms with Crippen molar-refractivity contribution in [2.45, 2.75) is 32.4 Å². The van der Waals surface area contributed by atoms with E-state index in [1.807, 2.05) is 42.5 Å². The summed E-state index contributed by atoms with van der Waals surface area (Å²) in [5.41, 5.74) is 2.10. The Bertz CT molecular complexity index is 832. The third kappa shape index (κ3) is 6.20. The number of nitrogens with one attached hydrogen (secondary N) is 2. The van der Waals surface area contributed by atoms with Gasteiger partial charge in [0.05, 0.1) is 0 Å². The van der Waals surface area contributed by atoms with Crippen LogP contribution in [0.5, 0.6) is 5.88 Å². The highest BCUT2D eigenvalue weighted by atomic mass is 16.5. The van der Waals surface area contributed by atoms with Crippen LogP contribution in [0.3, 0.4) is 0 Å². The number of ether oxygens (including phenoxy) is 1. The number of rotatable bonds is 7. The van der Waals surface area contributed by atoms with Crippen molar-refractivity contribution in [2.75, 3.05) is 27.2 Å². The number of nitrogens with zero attached hydrogens (tertiary/aromatic N) is 3. The summed E-state index contributed by atoms with van der Waals surface area (Å²) in [6, 6.07) is 14.0. The van der Waals surface area contributed by atoms with Crippen molar-refractivity contribution in [2.24, 2.45) is 10.9 Å². The van der Waals surface area contributed by atoms with Gasteiger partial charge in [0.1, 0.15) is 6.61 Å². The van der Waals surface area contributed by atoms with Gasteiger partial charge < -0.3 is 20.3 Å². The predicted octanol–water partition coefficient (Wildman–Crippen LogP) is 2.58. The average Bonchev–Trinajstić information content (AvgIpc) is 2.80. The second kappa shape index (κ2) is 11.2. The fourth-order valence-corrected chi connectivity index (χ4v) is 3.63. The fourth-order valence-electron chi connectivity index (χ4n) is 3.63. The highest BCUT2D eigenvalue weighted by molar-refractivity contribution is 5.80. The SMILES string of the molecule is CN=C(NCc1cccnc1OCc1ccccc1)N1CCC(CC(=O)NC)CC1. The molecule has 160 valence electrons. The lowest BCUT2D eigenvalue weighted by atomic mass is 9.93. The van der Waals surface area contributed by atoms with Crippen LogP contribution in [-0.4, -0.2) is 48.9 Å². The molecule has 0 radical (unpaired) electrons. The molecule has 1 amide bonds. The van der Waals surface area contributed by atoms with Crippen LogP contribution in [0.2, 0.25) is 0 Å². The first kappa shape index (κ1) is 21.6. The first-order chi connectivity index (χ1) is 14.7. The van der Waals surface area contributed by atoms with Crippen LogP contribution < -0.4 is 15.4 Å². The largest absolute Gasteiger partial charge is 0.473 e. The molecule has 1 fully saturated rings. The summed E-state index contributed by atoms with van der Waals surface area (Å²) in [4.78, 5) is 22.7. The van der Waals surface area contributed by atoms with Crippen LogP contribution in [0.15, 0.2) is 53.7 Å². The van der Waals surface area contributed by atoms with Crippen LogP contribution in [0, 0.1) is 5.92 Å². The van der Waals surface area contributed by atoms with Crippen molar-refractivity contribution >= 4 is 11.9 Å². The fraction of sp³-hybridized carbons (Fsp3) is 0.435. The third-order valence-corrected chi connectivity index (χ3v) is 5.38. The number of guanidine groups is 1. The maximum Gasteiger partial charge on any atom is 0.220 e. The van der Waals surface area contributed by atoms with Gasteiger partial charge in [-0.2, -0.15) is 0 Å². The van der Waals surface area contributed by atoms with Crippen molar-refractivity contribution in [3.05, 3.63) is 59.8 Å². The van der Waals surface area contributed by atoms with Gasteiger partial charge in [0.25, 0.3) is 0 Å². The normalized spacial score (nSPS) is 15.0. The zero-order chi connectivity index (χ0) is 21.2. The molecule has 0 saturated carbocycles. The van der Waals surface area contributed by atoms with Gasteiger partial charge in [-0.05, 0) is 30.4 Å². The van der Waals surface area contributed by atoms with Gasteiger partial charge >= 0.3 is 0 Å². The average molecular weight is 410 g/mol. The number of benzene rings is 1. The monoisotopic (exact) mass is 409 g/mol. The molecule has 3 rings (SSSR count). The van der Waals surface area contributed by atoms with Crippen LogP contribution in [0.4, 0.5) is 0 Å². The molecular formula is C23H31N5O2. The lowest BCUT2D eigenvalue weighted by molar-refractivity contribution is -0.121. The Kier molecular flexibility index (Phi) is 8.06. The molecule has 2 aromatic rings. The van der Waals surface area contributed by atoms with Crippen molar-refractivity contribution in [3.8, 4) is 5.88 Å². The van der Waals surface area contributed by atoms with Gasteiger partial charge in [-0.15, -0.1) is 0 Å². The Morgan fingerprint density at radius 2 is 1.97 bits per heavy atom. The third-order valence-electron chi connectivity index (χ3n) is 5.38. The van der Waals surface area contributed by atoms with Crippen molar-refractivity contribution in [1.29, 1.82) is 0 Å². The minimum absolute atomic E-state index is 0.121. The Morgan fingerprint density at radius 1 is 1.20 bits per heavy atom. The van der Waals surface area contributed by atoms with E-state index in [2.05, 4.69) is 25.5 Å². The van der Waals surface area contributed by atoms with E-state index in [1.165, 1.54) is 0 Å². The molecule has 2 heterocycles. The van der Waals surface area contributed by atoms with E-state index in [9.17, 15) is 4.79 Å². The molecule has 7 nitrogen and oxygen atoms in total. The van der Waals surface area contributed by atoms with Crippen LogP contribution in [-0.2, 0) is 17.9 Å². The minimum atomic E-state index is 0.121. The molecule has 0 spiro atoms. The van der Waals surface area contributed by atoms with E-state index >= 15 is 0 Å². The summed E-state index contributed by atoms with van der Waals surface area (Å²) in [6.07, 6.45) is 4.34. The van der Waals surface area contributed by atoms with E-state index in [0.717, 1.165) is 43.0 Å². The molecule has 1 aromatic carbocycles. The molecule has 0 aliphatic carbocycles. The van der Waals surface area contributed by atoms with Gasteiger partial charge in [0.15, 0.2) is 5.96 Å². The molecule has 0 atom stereocenters. The zero-order valence-electron chi connectivity index (χ0n) is 17.8. The number of hydrogen-bond donors (Lipinski definition) is 2. The maximum atomic E-state index is 11.6. The standard InChI is InChI=1S/C23H31N5O2/c1-24-21(29)15-18-10-13-28(14-11-18)23(25-2)27-16-20-9-6-12-26-22(20)30-17-19-7-4-3-5-8-19/h3-9,12,18H,10-11,13-17H2,1-2H3,(H,24,29)(H,25,27). The van der Waals surface area contributed by atoms with Crippen LogP contribution in [0.1, 0.15) is 30.4 Å². The molecule has 0 unspecified atom stereocenters.